The van der Waals surface area contributed by atoms with Crippen molar-refractivity contribution in [2.45, 2.75) is 77.0 Å². The molecular weight excluding hydrogens is 552 g/mol. The van der Waals surface area contributed by atoms with Crippen LogP contribution in [0.2, 0.25) is 0 Å². The van der Waals surface area contributed by atoms with Crippen molar-refractivity contribution in [2.24, 2.45) is 0 Å². The summed E-state index contributed by atoms with van der Waals surface area (Å²) in [6, 6.07) is 21.1. The second kappa shape index (κ2) is 11.1. The van der Waals surface area contributed by atoms with E-state index in [9.17, 15) is 9.90 Å². The first-order chi connectivity index (χ1) is 20.4. The first-order valence-electron chi connectivity index (χ1n) is 15.4. The molecule has 4 aromatic rings. The van der Waals surface area contributed by atoms with E-state index < -0.39 is 0 Å². The molecule has 1 aliphatic heterocycles. The molecule has 224 valence electrons. The van der Waals surface area contributed by atoms with Crippen LogP contribution in [0.1, 0.15) is 94.2 Å². The summed E-state index contributed by atoms with van der Waals surface area (Å²) < 4.78 is 5.92. The maximum absolute atomic E-state index is 13.1. The Hall–Kier alpha value is -3.64. The molecule has 1 N–H and O–H groups in total. The summed E-state index contributed by atoms with van der Waals surface area (Å²) in [5.41, 5.74) is 8.59. The van der Waals surface area contributed by atoms with E-state index in [1.807, 2.05) is 4.90 Å². The predicted octanol–water partition coefficient (Wildman–Crippen LogP) is 9.24. The molecule has 3 aromatic carbocycles. The molecule has 1 amide bonds. The molecule has 43 heavy (non-hydrogen) atoms. The molecule has 6 rings (SSSR count). The number of carbonyl (C=O) groups is 1. The Labute approximate surface area is 259 Å². The number of piperidine rings is 1. The van der Waals surface area contributed by atoms with Gasteiger partial charge in [-0.1, -0.05) is 90.1 Å². The highest BCUT2D eigenvalue weighted by Gasteiger charge is 2.32. The molecule has 1 saturated heterocycles. The second-order valence-electron chi connectivity index (χ2n) is 14.1. The number of carbonyl (C=O) groups excluding carboxylic acids is 1. The van der Waals surface area contributed by atoms with Crippen LogP contribution in [-0.4, -0.2) is 40.8 Å². The average Bonchev–Trinajstić information content (AvgIpc) is 3.59. The monoisotopic (exact) mass is 594 g/mol. The maximum atomic E-state index is 13.1. The summed E-state index contributed by atoms with van der Waals surface area (Å²) in [6.45, 7) is 14.5. The number of phenols is 1. The van der Waals surface area contributed by atoms with Gasteiger partial charge in [-0.05, 0) is 58.1 Å². The third-order valence-corrected chi connectivity index (χ3v) is 9.91. The third kappa shape index (κ3) is 5.70. The molecule has 5 nitrogen and oxygen atoms in total. The molecule has 2 heterocycles. The number of thiazole rings is 1. The number of likely N-dealkylation sites (tertiary alicyclic amines) is 1. The maximum Gasteiger partial charge on any atom is 0.409 e. The van der Waals surface area contributed by atoms with E-state index in [1.54, 1.807) is 11.3 Å². The van der Waals surface area contributed by atoms with E-state index in [0.717, 1.165) is 40.2 Å². The molecular formula is C37H42N2O3S. The van der Waals surface area contributed by atoms with Gasteiger partial charge >= 0.3 is 6.09 Å². The fourth-order valence-electron chi connectivity index (χ4n) is 6.55. The van der Waals surface area contributed by atoms with E-state index in [4.69, 9.17) is 9.72 Å². The highest BCUT2D eigenvalue weighted by molar-refractivity contribution is 7.13. The van der Waals surface area contributed by atoms with Gasteiger partial charge in [-0.25, -0.2) is 9.78 Å². The average molecular weight is 595 g/mol. The van der Waals surface area contributed by atoms with Crippen LogP contribution in [0.25, 0.3) is 21.7 Å². The van der Waals surface area contributed by atoms with Crippen LogP contribution in [-0.2, 0) is 15.6 Å². The van der Waals surface area contributed by atoms with Gasteiger partial charge in [0.25, 0.3) is 0 Å². The Morgan fingerprint density at radius 3 is 1.98 bits per heavy atom. The van der Waals surface area contributed by atoms with Crippen LogP contribution < -0.4 is 0 Å². The molecule has 0 unspecified atom stereocenters. The van der Waals surface area contributed by atoms with Gasteiger partial charge in [-0.15, -0.1) is 11.3 Å². The minimum atomic E-state index is -0.229. The van der Waals surface area contributed by atoms with Crippen LogP contribution in [0.3, 0.4) is 0 Å². The SMILES string of the molecule is CC(C)(C)c1cc(-c2nc(C3CCN(C(=O)OCC4c5ccccc5-c5ccccc54)CC3)cs2)cc(C(C)(C)C)c1O. The van der Waals surface area contributed by atoms with Crippen molar-refractivity contribution >= 4 is 17.4 Å². The lowest BCUT2D eigenvalue weighted by molar-refractivity contribution is 0.0902. The fourth-order valence-corrected chi connectivity index (χ4v) is 7.44. The molecule has 6 heteroatoms. The number of benzene rings is 3. The number of aromatic hydroxyl groups is 1. The predicted molar refractivity (Wildman–Crippen MR) is 175 cm³/mol. The van der Waals surface area contributed by atoms with Gasteiger partial charge in [-0.3, -0.25) is 0 Å². The van der Waals surface area contributed by atoms with Crippen LogP contribution in [0.15, 0.2) is 66.0 Å². The van der Waals surface area contributed by atoms with Crippen LogP contribution in [0.4, 0.5) is 4.79 Å². The number of phenolic OH excluding ortho intramolecular Hbond substituents is 1. The number of hydrogen-bond acceptors (Lipinski definition) is 5. The molecule has 1 fully saturated rings. The van der Waals surface area contributed by atoms with Crippen molar-refractivity contribution in [3.05, 3.63) is 94.0 Å². The number of rotatable bonds is 4. The zero-order valence-corrected chi connectivity index (χ0v) is 26.9. The van der Waals surface area contributed by atoms with E-state index in [1.165, 1.54) is 22.3 Å². The number of nitrogens with zero attached hydrogens (tertiary/aromatic N) is 2. The lowest BCUT2D eigenvalue weighted by Gasteiger charge is -2.31. The zero-order valence-electron chi connectivity index (χ0n) is 26.1. The van der Waals surface area contributed by atoms with E-state index in [-0.39, 0.29) is 22.8 Å². The smallest absolute Gasteiger partial charge is 0.409 e. The van der Waals surface area contributed by atoms with Crippen molar-refractivity contribution in [1.82, 2.24) is 9.88 Å². The molecule has 1 aromatic heterocycles. The second-order valence-corrected chi connectivity index (χ2v) is 14.9. The van der Waals surface area contributed by atoms with Crippen molar-refractivity contribution in [1.29, 1.82) is 0 Å². The van der Waals surface area contributed by atoms with Gasteiger partial charge in [0.05, 0.1) is 5.69 Å². The fraction of sp³-hybridized carbons (Fsp3) is 0.405. The largest absolute Gasteiger partial charge is 0.507 e. The topological polar surface area (TPSA) is 62.7 Å². The Kier molecular flexibility index (Phi) is 7.62. The van der Waals surface area contributed by atoms with Gasteiger partial charge in [0.15, 0.2) is 0 Å². The first kappa shape index (κ1) is 29.4. The van der Waals surface area contributed by atoms with Gasteiger partial charge in [-0.2, -0.15) is 0 Å². The minimum absolute atomic E-state index is 0.0693. The van der Waals surface area contributed by atoms with Crippen molar-refractivity contribution in [3.8, 4) is 27.4 Å². The number of ether oxygens (including phenoxy) is 1. The number of fused-ring (bicyclic) bond motifs is 3. The Morgan fingerprint density at radius 1 is 0.907 bits per heavy atom. The summed E-state index contributed by atoms with van der Waals surface area (Å²) >= 11 is 1.66. The normalized spacial score (nSPS) is 15.8. The quantitative estimate of drug-likeness (QED) is 0.256. The summed E-state index contributed by atoms with van der Waals surface area (Å²) in [4.78, 5) is 20.1. The summed E-state index contributed by atoms with van der Waals surface area (Å²) in [6.07, 6.45) is 1.50. The standard InChI is InChI=1S/C37H42N2O3S/c1-36(2,3)30-19-24(20-31(33(30)40)37(4,5)6)34-38-32(22-43-34)23-15-17-39(18-16-23)35(41)42-21-29-27-13-9-7-11-25(27)26-12-8-10-14-28(26)29/h7-14,19-20,22-23,29,40H,15-18,21H2,1-6H3. The van der Waals surface area contributed by atoms with Gasteiger partial charge in [0, 0.05) is 47.0 Å². The van der Waals surface area contributed by atoms with Crippen molar-refractivity contribution in [2.75, 3.05) is 19.7 Å². The Balaban J connectivity index is 1.11. The molecule has 0 saturated carbocycles. The van der Waals surface area contributed by atoms with Gasteiger partial charge < -0.3 is 14.7 Å². The first-order valence-corrected chi connectivity index (χ1v) is 16.2. The van der Waals surface area contributed by atoms with Crippen LogP contribution in [0.5, 0.6) is 5.75 Å². The van der Waals surface area contributed by atoms with Crippen LogP contribution in [0, 0.1) is 0 Å². The third-order valence-electron chi connectivity index (χ3n) is 9.00. The number of hydrogen-bond donors (Lipinski definition) is 1. The molecule has 1 aliphatic carbocycles. The van der Waals surface area contributed by atoms with Gasteiger partial charge in [0.2, 0.25) is 0 Å². The molecule has 2 aliphatic rings. The van der Waals surface area contributed by atoms with E-state index in [0.29, 0.717) is 31.4 Å². The molecule has 0 bridgehead atoms. The highest BCUT2D eigenvalue weighted by Crippen LogP contribution is 2.45. The summed E-state index contributed by atoms with van der Waals surface area (Å²) in [5.74, 6) is 0.768. The van der Waals surface area contributed by atoms with Crippen LogP contribution >= 0.6 is 11.3 Å². The lowest BCUT2D eigenvalue weighted by Crippen LogP contribution is -2.38. The Morgan fingerprint density at radius 2 is 1.44 bits per heavy atom. The lowest BCUT2D eigenvalue weighted by atomic mass is 9.78. The number of aromatic nitrogens is 1. The molecule has 0 radical (unpaired) electrons. The number of amides is 1. The Bertz CT molecular complexity index is 1570. The summed E-state index contributed by atoms with van der Waals surface area (Å²) in [7, 11) is 0. The molecule has 0 atom stereocenters. The minimum Gasteiger partial charge on any atom is -0.507 e. The van der Waals surface area contributed by atoms with E-state index in [2.05, 4.69) is 108 Å². The van der Waals surface area contributed by atoms with Crippen molar-refractivity contribution in [3.63, 3.8) is 0 Å². The van der Waals surface area contributed by atoms with Gasteiger partial charge in [0.1, 0.15) is 17.4 Å². The molecule has 0 spiro atoms. The zero-order chi connectivity index (χ0) is 30.5. The van der Waals surface area contributed by atoms with E-state index >= 15 is 0 Å². The highest BCUT2D eigenvalue weighted by atomic mass is 32.1. The summed E-state index contributed by atoms with van der Waals surface area (Å²) in [5, 5.41) is 14.3. The van der Waals surface area contributed by atoms with Crippen molar-refractivity contribution < 1.29 is 14.6 Å².